The predicted molar refractivity (Wildman–Crippen MR) is 110 cm³/mol. The zero-order chi connectivity index (χ0) is 20.4. The Morgan fingerprint density at radius 3 is 2.28 bits per heavy atom. The molecule has 1 aliphatic rings. The first kappa shape index (κ1) is 19.5. The molecular formula is C22H28FN6+. The number of nitrogens with zero attached hydrogens (tertiary/aromatic N) is 5. The van der Waals surface area contributed by atoms with E-state index < -0.39 is 0 Å². The van der Waals surface area contributed by atoms with E-state index in [1.807, 2.05) is 22.9 Å². The van der Waals surface area contributed by atoms with Gasteiger partial charge in [0.15, 0.2) is 6.04 Å². The summed E-state index contributed by atoms with van der Waals surface area (Å²) in [7, 11) is 0. The predicted octanol–water partition coefficient (Wildman–Crippen LogP) is 2.06. The van der Waals surface area contributed by atoms with Gasteiger partial charge in [0.05, 0.1) is 37.3 Å². The fourth-order valence-electron chi connectivity index (χ4n) is 4.08. The highest BCUT2D eigenvalue weighted by atomic mass is 19.1. The van der Waals surface area contributed by atoms with Gasteiger partial charge in [0, 0.05) is 5.69 Å². The number of anilines is 1. The van der Waals surface area contributed by atoms with Crippen LogP contribution in [0.4, 0.5) is 10.1 Å². The lowest BCUT2D eigenvalue weighted by molar-refractivity contribution is -0.927. The van der Waals surface area contributed by atoms with Crippen molar-refractivity contribution in [3.8, 4) is 0 Å². The Balaban J connectivity index is 1.66. The molecular weight excluding hydrogens is 367 g/mol. The molecule has 0 saturated carbocycles. The van der Waals surface area contributed by atoms with Crippen LogP contribution in [0.3, 0.4) is 0 Å². The molecule has 3 aromatic rings. The van der Waals surface area contributed by atoms with Crippen molar-refractivity contribution >= 4 is 5.69 Å². The van der Waals surface area contributed by atoms with Gasteiger partial charge >= 0.3 is 0 Å². The molecule has 1 N–H and O–H groups in total. The molecule has 2 aromatic carbocycles. The Morgan fingerprint density at radius 2 is 1.62 bits per heavy atom. The summed E-state index contributed by atoms with van der Waals surface area (Å²) in [4.78, 5) is 3.66. The first-order chi connectivity index (χ1) is 13.9. The molecule has 1 fully saturated rings. The van der Waals surface area contributed by atoms with Gasteiger partial charge < -0.3 is 9.80 Å². The lowest BCUT2D eigenvalue weighted by Gasteiger charge is -2.37. The van der Waals surface area contributed by atoms with E-state index in [1.165, 1.54) is 16.7 Å². The second-order valence-corrected chi connectivity index (χ2v) is 8.56. The minimum atomic E-state index is -0.284. The number of hydrogen-bond donors (Lipinski definition) is 1. The van der Waals surface area contributed by atoms with E-state index in [9.17, 15) is 4.39 Å². The fraction of sp³-hybridized carbons (Fsp3) is 0.409. The molecule has 0 aliphatic carbocycles. The summed E-state index contributed by atoms with van der Waals surface area (Å²) in [6.07, 6.45) is 0. The number of nitrogens with one attached hydrogen (secondary N) is 1. The third kappa shape index (κ3) is 4.00. The number of quaternary nitrogens is 1. The van der Waals surface area contributed by atoms with Crippen LogP contribution in [0.1, 0.15) is 38.2 Å². The topological polar surface area (TPSA) is 51.3 Å². The van der Waals surface area contributed by atoms with Crippen LogP contribution < -0.4 is 9.80 Å². The third-order valence-corrected chi connectivity index (χ3v) is 5.54. The quantitative estimate of drug-likeness (QED) is 0.735. The average Bonchev–Trinajstić information content (AvgIpc) is 3.21. The Hall–Kier alpha value is -2.80. The standard InChI is InChI=1S/C22H27FN6/c1-22(2,3)29-21(24-25-26-29)20(18-11-7-8-12-19(18)23)28-15-13-27(14-16-28)17-9-5-4-6-10-17/h4-12,20H,13-16H2,1-3H3/p+1/t20-/m1/s1. The smallest absolute Gasteiger partial charge is 0.214 e. The zero-order valence-corrected chi connectivity index (χ0v) is 17.2. The maximum atomic E-state index is 14.9. The Kier molecular flexibility index (Phi) is 5.32. The molecule has 7 heteroatoms. The summed E-state index contributed by atoms with van der Waals surface area (Å²) >= 11 is 0. The van der Waals surface area contributed by atoms with Gasteiger partial charge in [-0.25, -0.2) is 9.07 Å². The Labute approximate surface area is 170 Å². The van der Waals surface area contributed by atoms with Gasteiger partial charge in [-0.15, -0.1) is 5.10 Å². The summed E-state index contributed by atoms with van der Waals surface area (Å²) < 4.78 is 16.7. The van der Waals surface area contributed by atoms with E-state index in [1.54, 1.807) is 6.07 Å². The number of tetrazole rings is 1. The van der Waals surface area contributed by atoms with Crippen LogP contribution in [0, 0.1) is 5.82 Å². The molecule has 1 aliphatic heterocycles. The van der Waals surface area contributed by atoms with Crippen molar-refractivity contribution in [2.45, 2.75) is 32.4 Å². The molecule has 0 spiro atoms. The van der Waals surface area contributed by atoms with Gasteiger partial charge in [-0.3, -0.25) is 0 Å². The van der Waals surface area contributed by atoms with E-state index in [0.717, 1.165) is 26.2 Å². The van der Waals surface area contributed by atoms with Crippen LogP contribution in [-0.2, 0) is 5.54 Å². The number of halogens is 1. The van der Waals surface area contributed by atoms with Crippen LogP contribution in [0.15, 0.2) is 54.6 Å². The summed E-state index contributed by atoms with van der Waals surface area (Å²) in [5.74, 6) is 0.504. The maximum Gasteiger partial charge on any atom is 0.214 e. The first-order valence-corrected chi connectivity index (χ1v) is 10.1. The highest BCUT2D eigenvalue weighted by Gasteiger charge is 2.37. The molecule has 1 atom stereocenters. The molecule has 29 heavy (non-hydrogen) atoms. The molecule has 6 nitrogen and oxygen atoms in total. The summed E-state index contributed by atoms with van der Waals surface area (Å²) in [6, 6.07) is 17.2. The van der Waals surface area contributed by atoms with Crippen molar-refractivity contribution in [3.63, 3.8) is 0 Å². The molecule has 1 aromatic heterocycles. The van der Waals surface area contributed by atoms with Gasteiger partial charge in [0.2, 0.25) is 5.82 Å². The van der Waals surface area contributed by atoms with Crippen molar-refractivity contribution in [2.24, 2.45) is 0 Å². The second-order valence-electron chi connectivity index (χ2n) is 8.56. The highest BCUT2D eigenvalue weighted by molar-refractivity contribution is 5.46. The van der Waals surface area contributed by atoms with Crippen molar-refractivity contribution < 1.29 is 9.29 Å². The van der Waals surface area contributed by atoms with Gasteiger partial charge in [0.1, 0.15) is 5.82 Å². The second kappa shape index (κ2) is 7.91. The largest absolute Gasteiger partial charge is 0.360 e. The molecule has 4 rings (SSSR count). The molecule has 152 valence electrons. The van der Waals surface area contributed by atoms with Gasteiger partial charge in [-0.2, -0.15) is 0 Å². The third-order valence-electron chi connectivity index (χ3n) is 5.54. The molecule has 1 saturated heterocycles. The van der Waals surface area contributed by atoms with Crippen molar-refractivity contribution in [2.75, 3.05) is 31.1 Å². The molecule has 0 bridgehead atoms. The number of rotatable bonds is 4. The molecule has 0 unspecified atom stereocenters. The normalized spacial score (nSPS) is 16.8. The lowest BCUT2D eigenvalue weighted by atomic mass is 10.0. The van der Waals surface area contributed by atoms with Gasteiger partial charge in [-0.1, -0.05) is 30.3 Å². The van der Waals surface area contributed by atoms with E-state index in [2.05, 4.69) is 65.5 Å². The Bertz CT molecular complexity index is 941. The van der Waals surface area contributed by atoms with Crippen molar-refractivity contribution in [3.05, 3.63) is 71.8 Å². The van der Waals surface area contributed by atoms with E-state index in [4.69, 9.17) is 0 Å². The number of aromatic nitrogens is 4. The number of benzene rings is 2. The maximum absolute atomic E-state index is 14.9. The van der Waals surface area contributed by atoms with E-state index in [0.29, 0.717) is 11.4 Å². The fourth-order valence-corrected chi connectivity index (χ4v) is 4.08. The van der Waals surface area contributed by atoms with E-state index in [-0.39, 0.29) is 17.4 Å². The summed E-state index contributed by atoms with van der Waals surface area (Å²) in [5, 5.41) is 12.5. The molecule has 0 radical (unpaired) electrons. The van der Waals surface area contributed by atoms with Crippen molar-refractivity contribution in [1.29, 1.82) is 0 Å². The monoisotopic (exact) mass is 395 g/mol. The van der Waals surface area contributed by atoms with Crippen LogP contribution in [0.25, 0.3) is 0 Å². The van der Waals surface area contributed by atoms with E-state index >= 15 is 0 Å². The molecule has 0 amide bonds. The van der Waals surface area contributed by atoms with Crippen LogP contribution in [0.2, 0.25) is 0 Å². The van der Waals surface area contributed by atoms with Gasteiger partial charge in [-0.05, 0) is 55.5 Å². The Morgan fingerprint density at radius 1 is 0.966 bits per heavy atom. The summed E-state index contributed by atoms with van der Waals surface area (Å²) in [6.45, 7) is 9.76. The number of hydrogen-bond acceptors (Lipinski definition) is 4. The summed E-state index contributed by atoms with van der Waals surface area (Å²) in [5.41, 5.74) is 1.60. The zero-order valence-electron chi connectivity index (χ0n) is 17.2. The highest BCUT2D eigenvalue weighted by Crippen LogP contribution is 2.24. The minimum Gasteiger partial charge on any atom is -0.360 e. The lowest BCUT2D eigenvalue weighted by Crippen LogP contribution is -3.15. The van der Waals surface area contributed by atoms with Crippen LogP contribution in [0.5, 0.6) is 0 Å². The molecule has 2 heterocycles. The number of para-hydroxylation sites is 1. The number of piperazine rings is 1. The SMILES string of the molecule is CC(C)(C)n1nnnc1[C@@H](c1ccccc1F)[NH+]1CCN(c2ccccc2)CC1. The average molecular weight is 396 g/mol. The van der Waals surface area contributed by atoms with Gasteiger partial charge in [0.25, 0.3) is 0 Å². The van der Waals surface area contributed by atoms with Crippen molar-refractivity contribution in [1.82, 2.24) is 20.2 Å². The first-order valence-electron chi connectivity index (χ1n) is 10.1. The minimum absolute atomic E-state index is 0.209. The van der Waals surface area contributed by atoms with Crippen LogP contribution in [-0.4, -0.2) is 46.4 Å². The van der Waals surface area contributed by atoms with Crippen LogP contribution >= 0.6 is 0 Å².